The number of rotatable bonds is 10. The summed E-state index contributed by atoms with van der Waals surface area (Å²) < 4.78 is 24.5. The lowest BCUT2D eigenvalue weighted by atomic mass is 9.95. The van der Waals surface area contributed by atoms with E-state index >= 15 is 0 Å². The van der Waals surface area contributed by atoms with Crippen molar-refractivity contribution in [2.75, 3.05) is 13.2 Å². The molecule has 4 atom stereocenters. The highest BCUT2D eigenvalue weighted by Crippen LogP contribution is 2.38. The van der Waals surface area contributed by atoms with Crippen LogP contribution in [0.15, 0.2) is 48.5 Å². The van der Waals surface area contributed by atoms with E-state index in [1.807, 2.05) is 24.3 Å². The fourth-order valence-corrected chi connectivity index (χ4v) is 4.56. The van der Waals surface area contributed by atoms with Crippen LogP contribution in [-0.2, 0) is 14.2 Å². The van der Waals surface area contributed by atoms with Crippen LogP contribution in [0.1, 0.15) is 87.4 Å². The Bertz CT molecular complexity index is 883. The molecule has 0 saturated carbocycles. The van der Waals surface area contributed by atoms with Crippen LogP contribution in [0.4, 0.5) is 0 Å². The molecule has 0 N–H and O–H groups in total. The van der Waals surface area contributed by atoms with Crippen LogP contribution >= 0.6 is 0 Å². The SMILES string of the molecule is C#Cc1ccc([C@@H]2OC[C@H]3O[C@@H](c4ccc(OCCCCCCCC)cc4)CC[C@@H]3O2)cc1. The van der Waals surface area contributed by atoms with Crippen molar-refractivity contribution < 1.29 is 18.9 Å². The van der Waals surface area contributed by atoms with E-state index < -0.39 is 0 Å². The highest BCUT2D eigenvalue weighted by Gasteiger charge is 2.38. The monoisotopic (exact) mass is 448 g/mol. The van der Waals surface area contributed by atoms with Crippen molar-refractivity contribution in [1.29, 1.82) is 0 Å². The average molecular weight is 449 g/mol. The van der Waals surface area contributed by atoms with Crippen molar-refractivity contribution in [1.82, 2.24) is 0 Å². The third kappa shape index (κ3) is 6.60. The fourth-order valence-electron chi connectivity index (χ4n) is 4.56. The van der Waals surface area contributed by atoms with Gasteiger partial charge in [-0.2, -0.15) is 0 Å². The van der Waals surface area contributed by atoms with E-state index in [4.69, 9.17) is 25.4 Å². The molecular weight excluding hydrogens is 412 g/mol. The first kappa shape index (κ1) is 23.8. The van der Waals surface area contributed by atoms with E-state index in [0.29, 0.717) is 6.61 Å². The summed E-state index contributed by atoms with van der Waals surface area (Å²) >= 11 is 0. The molecule has 0 amide bonds. The number of benzene rings is 2. The summed E-state index contributed by atoms with van der Waals surface area (Å²) in [5, 5.41) is 0. The molecule has 33 heavy (non-hydrogen) atoms. The second-order valence-electron chi connectivity index (χ2n) is 9.03. The van der Waals surface area contributed by atoms with Crippen molar-refractivity contribution in [2.45, 2.75) is 82.9 Å². The van der Waals surface area contributed by atoms with Crippen molar-refractivity contribution in [2.24, 2.45) is 0 Å². The fraction of sp³-hybridized carbons (Fsp3) is 0.517. The number of terminal acetylenes is 1. The minimum absolute atomic E-state index is 0.0476. The predicted molar refractivity (Wildman–Crippen MR) is 130 cm³/mol. The Labute approximate surface area is 198 Å². The molecule has 2 aliphatic heterocycles. The summed E-state index contributed by atoms with van der Waals surface area (Å²) in [6.45, 7) is 3.57. The third-order valence-electron chi connectivity index (χ3n) is 6.55. The first-order valence-corrected chi connectivity index (χ1v) is 12.5. The summed E-state index contributed by atoms with van der Waals surface area (Å²) in [6, 6.07) is 16.2. The van der Waals surface area contributed by atoms with E-state index in [-0.39, 0.29) is 24.6 Å². The lowest BCUT2D eigenvalue weighted by molar-refractivity contribution is -0.289. The maximum Gasteiger partial charge on any atom is 0.184 e. The molecule has 2 aliphatic rings. The molecule has 2 heterocycles. The predicted octanol–water partition coefficient (Wildman–Crippen LogP) is 6.74. The van der Waals surface area contributed by atoms with Crippen molar-refractivity contribution >= 4 is 0 Å². The highest BCUT2D eigenvalue weighted by molar-refractivity contribution is 5.34. The van der Waals surface area contributed by atoms with Gasteiger partial charge in [0.25, 0.3) is 0 Å². The molecule has 0 spiro atoms. The lowest BCUT2D eigenvalue weighted by Gasteiger charge is -2.42. The van der Waals surface area contributed by atoms with E-state index in [2.05, 4.69) is 37.1 Å². The van der Waals surface area contributed by atoms with Gasteiger partial charge < -0.3 is 18.9 Å². The molecule has 0 radical (unpaired) electrons. The van der Waals surface area contributed by atoms with Crippen molar-refractivity contribution in [3.8, 4) is 18.1 Å². The zero-order valence-electron chi connectivity index (χ0n) is 19.7. The van der Waals surface area contributed by atoms with Gasteiger partial charge in [-0.3, -0.25) is 0 Å². The quantitative estimate of drug-likeness (QED) is 0.298. The van der Waals surface area contributed by atoms with Crippen LogP contribution in [0.2, 0.25) is 0 Å². The van der Waals surface area contributed by atoms with E-state index in [9.17, 15) is 0 Å². The molecule has 176 valence electrons. The molecule has 2 aromatic rings. The van der Waals surface area contributed by atoms with Crippen LogP contribution in [0, 0.1) is 12.3 Å². The molecule has 0 bridgehead atoms. The van der Waals surface area contributed by atoms with Crippen molar-refractivity contribution in [3.63, 3.8) is 0 Å². The summed E-state index contributed by atoms with van der Waals surface area (Å²) in [5.41, 5.74) is 3.04. The minimum atomic E-state index is -0.360. The molecule has 0 aliphatic carbocycles. The Morgan fingerprint density at radius 2 is 1.58 bits per heavy atom. The van der Waals surface area contributed by atoms with E-state index in [0.717, 1.165) is 42.7 Å². The molecule has 4 rings (SSSR count). The van der Waals surface area contributed by atoms with Gasteiger partial charge in [-0.1, -0.05) is 69.2 Å². The summed E-state index contributed by atoms with van der Waals surface area (Å²) in [5.74, 6) is 3.57. The van der Waals surface area contributed by atoms with Gasteiger partial charge in [-0.05, 0) is 49.1 Å². The van der Waals surface area contributed by atoms with Crippen LogP contribution in [-0.4, -0.2) is 25.4 Å². The Morgan fingerprint density at radius 1 is 0.848 bits per heavy atom. The topological polar surface area (TPSA) is 36.9 Å². The normalized spacial score (nSPS) is 24.6. The van der Waals surface area contributed by atoms with Crippen molar-refractivity contribution in [3.05, 3.63) is 65.2 Å². The Hall–Kier alpha value is -2.32. The molecule has 0 aromatic heterocycles. The molecule has 2 aromatic carbocycles. The van der Waals surface area contributed by atoms with Gasteiger partial charge in [0.05, 0.1) is 25.4 Å². The Kier molecular flexibility index (Phi) is 8.83. The van der Waals surface area contributed by atoms with Gasteiger partial charge in [-0.15, -0.1) is 6.42 Å². The van der Waals surface area contributed by atoms with Gasteiger partial charge >= 0.3 is 0 Å². The number of fused-ring (bicyclic) bond motifs is 1. The molecule has 2 fully saturated rings. The number of unbranched alkanes of at least 4 members (excludes halogenated alkanes) is 5. The second-order valence-corrected chi connectivity index (χ2v) is 9.03. The molecular formula is C29H36O4. The van der Waals surface area contributed by atoms with E-state index in [1.54, 1.807) is 0 Å². The maximum atomic E-state index is 6.36. The van der Waals surface area contributed by atoms with Crippen LogP contribution in [0.5, 0.6) is 5.75 Å². The standard InChI is InChI=1S/C29H36O4/c1-3-5-6-7-8-9-20-30-25-16-14-23(15-17-25)26-18-19-27-28(32-26)21-31-29(33-27)24-12-10-22(4-2)11-13-24/h2,10-17,26-29H,3,5-9,18-21H2,1H3/t26-,27+,28-,29-/m1/s1. The molecule has 0 unspecified atom stereocenters. The maximum absolute atomic E-state index is 6.36. The molecule has 4 nitrogen and oxygen atoms in total. The largest absolute Gasteiger partial charge is 0.494 e. The van der Waals surface area contributed by atoms with Gasteiger partial charge in [0.1, 0.15) is 11.9 Å². The van der Waals surface area contributed by atoms with Gasteiger partial charge in [0.15, 0.2) is 6.29 Å². The van der Waals surface area contributed by atoms with Crippen LogP contribution in [0.25, 0.3) is 0 Å². The summed E-state index contributed by atoms with van der Waals surface area (Å²) in [4.78, 5) is 0. The zero-order chi connectivity index (χ0) is 22.9. The highest BCUT2D eigenvalue weighted by atomic mass is 16.7. The Morgan fingerprint density at radius 3 is 2.33 bits per heavy atom. The summed E-state index contributed by atoms with van der Waals surface area (Å²) in [6.07, 6.45) is 14.7. The zero-order valence-corrected chi connectivity index (χ0v) is 19.7. The number of hydrogen-bond donors (Lipinski definition) is 0. The third-order valence-corrected chi connectivity index (χ3v) is 6.55. The lowest BCUT2D eigenvalue weighted by Crippen LogP contribution is -2.45. The second kappa shape index (κ2) is 12.2. The average Bonchev–Trinajstić information content (AvgIpc) is 2.88. The Balaban J connectivity index is 1.22. The van der Waals surface area contributed by atoms with Crippen LogP contribution in [0.3, 0.4) is 0 Å². The minimum Gasteiger partial charge on any atom is -0.494 e. The smallest absolute Gasteiger partial charge is 0.184 e. The van der Waals surface area contributed by atoms with E-state index in [1.165, 1.54) is 37.7 Å². The number of ether oxygens (including phenoxy) is 4. The van der Waals surface area contributed by atoms with Crippen LogP contribution < -0.4 is 4.74 Å². The first-order chi connectivity index (χ1) is 16.3. The van der Waals surface area contributed by atoms with Gasteiger partial charge in [-0.25, -0.2) is 0 Å². The number of hydrogen-bond acceptors (Lipinski definition) is 4. The molecule has 2 saturated heterocycles. The molecule has 4 heteroatoms. The van der Waals surface area contributed by atoms with Gasteiger partial charge in [0, 0.05) is 11.1 Å². The van der Waals surface area contributed by atoms with Gasteiger partial charge in [0.2, 0.25) is 0 Å². The summed E-state index contributed by atoms with van der Waals surface area (Å²) in [7, 11) is 0. The first-order valence-electron chi connectivity index (χ1n) is 12.5.